The lowest BCUT2D eigenvalue weighted by atomic mass is 10.00. The second kappa shape index (κ2) is 11.4. The van der Waals surface area contributed by atoms with Gasteiger partial charge in [-0.2, -0.15) is 0 Å². The van der Waals surface area contributed by atoms with Crippen LogP contribution in [0.1, 0.15) is 55.7 Å². The van der Waals surface area contributed by atoms with E-state index in [0.717, 1.165) is 16.0 Å². The van der Waals surface area contributed by atoms with E-state index in [1.807, 2.05) is 69.5 Å². The van der Waals surface area contributed by atoms with E-state index in [1.54, 1.807) is 16.5 Å². The number of amides is 3. The van der Waals surface area contributed by atoms with E-state index in [-0.39, 0.29) is 37.1 Å². The maximum atomic E-state index is 13.5. The molecule has 0 radical (unpaired) electrons. The number of nitrogens with one attached hydrogen (secondary N) is 2. The smallest absolute Gasteiger partial charge is 0.247 e. The molecule has 0 saturated carbocycles. The number of aryl methyl sites for hydroxylation is 1. The van der Waals surface area contributed by atoms with Gasteiger partial charge < -0.3 is 15.5 Å². The number of anilines is 1. The third kappa shape index (κ3) is 7.50. The van der Waals surface area contributed by atoms with Crippen LogP contribution in [-0.2, 0) is 20.9 Å². The van der Waals surface area contributed by atoms with E-state index in [1.165, 1.54) is 22.7 Å². The van der Waals surface area contributed by atoms with Crippen LogP contribution >= 0.6 is 22.7 Å². The molecule has 34 heavy (non-hydrogen) atoms. The van der Waals surface area contributed by atoms with Crippen LogP contribution in [0, 0.1) is 6.92 Å². The van der Waals surface area contributed by atoms with Crippen LogP contribution in [0.5, 0.6) is 0 Å². The van der Waals surface area contributed by atoms with Crippen LogP contribution in [-0.4, -0.2) is 33.1 Å². The first kappa shape index (κ1) is 25.6. The first-order valence-electron chi connectivity index (χ1n) is 11.0. The normalized spacial score (nSPS) is 12.1. The van der Waals surface area contributed by atoms with Crippen molar-refractivity contribution in [2.45, 2.75) is 58.7 Å². The molecule has 2 N–H and O–H groups in total. The first-order valence-corrected chi connectivity index (χ1v) is 12.8. The first-order chi connectivity index (χ1) is 16.1. The van der Waals surface area contributed by atoms with Gasteiger partial charge in [0, 0.05) is 34.8 Å². The Hall–Kier alpha value is -3.04. The van der Waals surface area contributed by atoms with E-state index < -0.39 is 11.6 Å². The molecule has 0 spiro atoms. The fraction of sp³-hybridized carbons (Fsp3) is 0.360. The molecular weight excluding hydrogens is 468 g/mol. The molecule has 0 aliphatic heterocycles. The Morgan fingerprint density at radius 2 is 1.76 bits per heavy atom. The number of carbonyl (C=O) groups excluding carboxylic acids is 3. The Bertz CT molecular complexity index is 1090. The molecule has 2 heterocycles. The molecule has 1 aromatic carbocycles. The van der Waals surface area contributed by atoms with Gasteiger partial charge in [0.05, 0.1) is 6.54 Å². The highest BCUT2D eigenvalue weighted by Gasteiger charge is 2.33. The molecule has 1 unspecified atom stereocenters. The van der Waals surface area contributed by atoms with Crippen molar-refractivity contribution < 1.29 is 14.4 Å². The summed E-state index contributed by atoms with van der Waals surface area (Å²) in [5, 5.41) is 9.93. The van der Waals surface area contributed by atoms with Gasteiger partial charge in [-0.05, 0) is 44.7 Å². The fourth-order valence-corrected chi connectivity index (χ4v) is 4.63. The van der Waals surface area contributed by atoms with Gasteiger partial charge in [-0.15, -0.1) is 22.7 Å². The SMILES string of the molecule is Cc1ccc(C(C(=O)NC(C)(C)C)N(Cc2cccs2)C(=O)CCC(=O)Nc2nccs2)cc1. The molecule has 0 aliphatic carbocycles. The van der Waals surface area contributed by atoms with Crippen molar-refractivity contribution in [3.8, 4) is 0 Å². The number of nitrogens with zero attached hydrogens (tertiary/aromatic N) is 2. The second-order valence-corrected chi connectivity index (χ2v) is 11.0. The summed E-state index contributed by atoms with van der Waals surface area (Å²) >= 11 is 2.84. The number of carbonyl (C=O) groups is 3. The molecule has 1 atom stereocenters. The maximum Gasteiger partial charge on any atom is 0.247 e. The summed E-state index contributed by atoms with van der Waals surface area (Å²) in [5.74, 6) is -0.809. The second-order valence-electron chi connectivity index (χ2n) is 9.04. The zero-order valence-corrected chi connectivity index (χ0v) is 21.5. The van der Waals surface area contributed by atoms with Gasteiger partial charge in [0.25, 0.3) is 0 Å². The Labute approximate surface area is 208 Å². The maximum absolute atomic E-state index is 13.5. The molecule has 2 aromatic heterocycles. The minimum absolute atomic E-state index is 0.000855. The summed E-state index contributed by atoms with van der Waals surface area (Å²) in [5.41, 5.74) is 1.32. The average molecular weight is 499 g/mol. The van der Waals surface area contributed by atoms with Crippen LogP contribution in [0.2, 0.25) is 0 Å². The van der Waals surface area contributed by atoms with Gasteiger partial charge in [0.2, 0.25) is 17.7 Å². The molecule has 180 valence electrons. The molecule has 0 aliphatic rings. The monoisotopic (exact) mass is 498 g/mol. The molecular formula is C25H30N4O3S2. The summed E-state index contributed by atoms with van der Waals surface area (Å²) in [7, 11) is 0. The molecule has 0 fully saturated rings. The molecule has 3 aromatic rings. The number of thiazole rings is 1. The van der Waals surface area contributed by atoms with Gasteiger partial charge in [-0.3, -0.25) is 14.4 Å². The number of hydrogen-bond donors (Lipinski definition) is 2. The predicted molar refractivity (Wildman–Crippen MR) is 137 cm³/mol. The van der Waals surface area contributed by atoms with Crippen molar-refractivity contribution >= 4 is 45.5 Å². The van der Waals surface area contributed by atoms with Crippen molar-refractivity contribution in [3.63, 3.8) is 0 Å². The van der Waals surface area contributed by atoms with Gasteiger partial charge in [0.15, 0.2) is 5.13 Å². The Morgan fingerprint density at radius 3 is 2.35 bits per heavy atom. The topological polar surface area (TPSA) is 91.4 Å². The van der Waals surface area contributed by atoms with E-state index in [9.17, 15) is 14.4 Å². The Kier molecular flexibility index (Phi) is 8.57. The van der Waals surface area contributed by atoms with E-state index >= 15 is 0 Å². The van der Waals surface area contributed by atoms with E-state index in [4.69, 9.17) is 0 Å². The summed E-state index contributed by atoms with van der Waals surface area (Å²) in [6, 6.07) is 10.7. The standard InChI is InChI=1S/C25H30N4O3S2/c1-17-7-9-18(10-8-17)22(23(32)28-25(2,3)4)29(16-19-6-5-14-33-19)21(31)12-11-20(30)27-24-26-13-15-34-24/h5-10,13-15,22H,11-12,16H2,1-4H3,(H,28,32)(H,26,27,30). The molecule has 3 rings (SSSR count). The number of aromatic nitrogens is 1. The highest BCUT2D eigenvalue weighted by Crippen LogP contribution is 2.27. The number of benzene rings is 1. The number of hydrogen-bond acceptors (Lipinski definition) is 6. The lowest BCUT2D eigenvalue weighted by Gasteiger charge is -2.33. The van der Waals surface area contributed by atoms with Gasteiger partial charge in [-0.1, -0.05) is 35.9 Å². The van der Waals surface area contributed by atoms with Crippen molar-refractivity contribution in [3.05, 3.63) is 69.4 Å². The van der Waals surface area contributed by atoms with Gasteiger partial charge >= 0.3 is 0 Å². The van der Waals surface area contributed by atoms with Crippen molar-refractivity contribution in [2.75, 3.05) is 5.32 Å². The minimum atomic E-state index is -0.823. The van der Waals surface area contributed by atoms with E-state index in [0.29, 0.717) is 5.13 Å². The molecule has 9 heteroatoms. The Balaban J connectivity index is 1.87. The van der Waals surface area contributed by atoms with Crippen LogP contribution in [0.15, 0.2) is 53.4 Å². The van der Waals surface area contributed by atoms with Crippen molar-refractivity contribution in [1.29, 1.82) is 0 Å². The van der Waals surface area contributed by atoms with E-state index in [2.05, 4.69) is 15.6 Å². The molecule has 3 amide bonds. The fourth-order valence-electron chi connectivity index (χ4n) is 3.38. The zero-order valence-electron chi connectivity index (χ0n) is 19.8. The molecule has 7 nitrogen and oxygen atoms in total. The van der Waals surface area contributed by atoms with Crippen LogP contribution < -0.4 is 10.6 Å². The van der Waals surface area contributed by atoms with Crippen LogP contribution in [0.3, 0.4) is 0 Å². The summed E-state index contributed by atoms with van der Waals surface area (Å²) in [6.45, 7) is 7.98. The third-order valence-electron chi connectivity index (χ3n) is 4.92. The summed E-state index contributed by atoms with van der Waals surface area (Å²) in [4.78, 5) is 45.9. The molecule has 0 saturated heterocycles. The molecule has 0 bridgehead atoms. The predicted octanol–water partition coefficient (Wildman–Crippen LogP) is 4.92. The highest BCUT2D eigenvalue weighted by atomic mass is 32.1. The van der Waals surface area contributed by atoms with Crippen molar-refractivity contribution in [2.24, 2.45) is 0 Å². The third-order valence-corrected chi connectivity index (χ3v) is 6.47. The quantitative estimate of drug-likeness (QED) is 0.438. The minimum Gasteiger partial charge on any atom is -0.349 e. The van der Waals surface area contributed by atoms with Crippen LogP contribution in [0.25, 0.3) is 0 Å². The number of rotatable bonds is 9. The Morgan fingerprint density at radius 1 is 1.03 bits per heavy atom. The highest BCUT2D eigenvalue weighted by molar-refractivity contribution is 7.13. The lowest BCUT2D eigenvalue weighted by molar-refractivity contribution is -0.142. The summed E-state index contributed by atoms with van der Waals surface area (Å²) in [6.07, 6.45) is 1.59. The zero-order chi connectivity index (χ0) is 24.7. The summed E-state index contributed by atoms with van der Waals surface area (Å²) < 4.78 is 0. The van der Waals surface area contributed by atoms with Gasteiger partial charge in [-0.25, -0.2) is 4.98 Å². The van der Waals surface area contributed by atoms with Gasteiger partial charge in [0.1, 0.15) is 6.04 Å². The largest absolute Gasteiger partial charge is 0.349 e. The lowest BCUT2D eigenvalue weighted by Crippen LogP contribution is -2.49. The average Bonchev–Trinajstić information content (AvgIpc) is 3.46. The van der Waals surface area contributed by atoms with Crippen LogP contribution in [0.4, 0.5) is 5.13 Å². The number of thiophene rings is 1. The van der Waals surface area contributed by atoms with Crippen molar-refractivity contribution in [1.82, 2.24) is 15.2 Å².